The number of benzene rings is 1. The van der Waals surface area contributed by atoms with Crippen LogP contribution in [-0.4, -0.2) is 20.2 Å². The van der Waals surface area contributed by atoms with E-state index < -0.39 is 0 Å². The molecular formula is C12H13BrO3. The number of rotatable bonds is 4. The molecule has 0 bridgehead atoms. The molecule has 0 amide bonds. The van der Waals surface area contributed by atoms with Gasteiger partial charge in [-0.15, -0.1) is 0 Å². The van der Waals surface area contributed by atoms with E-state index >= 15 is 0 Å². The number of ether oxygens (including phenoxy) is 2. The normalized spacial score (nSPS) is 10.4. The Balaban J connectivity index is 2.73. The van der Waals surface area contributed by atoms with Crippen LogP contribution in [0.2, 0.25) is 0 Å². The standard InChI is InChI=1S/C12H13BrO3/c1-15-11-8-10(13)7-6-9(11)4-3-5-12(14)16-2/h3,5-8H,4H2,1-2H3/b5-3+. The highest BCUT2D eigenvalue weighted by Crippen LogP contribution is 2.23. The van der Waals surface area contributed by atoms with Crippen molar-refractivity contribution < 1.29 is 14.3 Å². The molecule has 16 heavy (non-hydrogen) atoms. The van der Waals surface area contributed by atoms with E-state index in [9.17, 15) is 4.79 Å². The van der Waals surface area contributed by atoms with Crippen molar-refractivity contribution in [3.8, 4) is 5.75 Å². The van der Waals surface area contributed by atoms with Crippen LogP contribution in [0.1, 0.15) is 5.56 Å². The van der Waals surface area contributed by atoms with Gasteiger partial charge < -0.3 is 9.47 Å². The fourth-order valence-corrected chi connectivity index (χ4v) is 1.58. The zero-order valence-electron chi connectivity index (χ0n) is 9.20. The van der Waals surface area contributed by atoms with Crippen LogP contribution in [0.4, 0.5) is 0 Å². The molecule has 0 spiro atoms. The Bertz CT molecular complexity index is 399. The van der Waals surface area contributed by atoms with Gasteiger partial charge in [-0.05, 0) is 24.1 Å². The molecule has 0 heterocycles. The number of hydrogen-bond acceptors (Lipinski definition) is 3. The average Bonchev–Trinajstić information content (AvgIpc) is 2.30. The predicted molar refractivity (Wildman–Crippen MR) is 65.6 cm³/mol. The number of hydrogen-bond donors (Lipinski definition) is 0. The summed E-state index contributed by atoms with van der Waals surface area (Å²) in [4.78, 5) is 10.9. The fraction of sp³-hybridized carbons (Fsp3) is 0.250. The third kappa shape index (κ3) is 3.70. The van der Waals surface area contributed by atoms with Crippen molar-refractivity contribution in [1.82, 2.24) is 0 Å². The Hall–Kier alpha value is -1.29. The highest BCUT2D eigenvalue weighted by atomic mass is 79.9. The SMILES string of the molecule is COC(=O)/C=C/Cc1ccc(Br)cc1OC. The minimum absolute atomic E-state index is 0.351. The van der Waals surface area contributed by atoms with Gasteiger partial charge in [-0.25, -0.2) is 4.79 Å². The number of allylic oxidation sites excluding steroid dienone is 1. The van der Waals surface area contributed by atoms with Gasteiger partial charge >= 0.3 is 5.97 Å². The molecule has 1 rings (SSSR count). The van der Waals surface area contributed by atoms with E-state index in [4.69, 9.17) is 4.74 Å². The summed E-state index contributed by atoms with van der Waals surface area (Å²) < 4.78 is 10.7. The molecule has 0 aliphatic rings. The molecular weight excluding hydrogens is 272 g/mol. The van der Waals surface area contributed by atoms with Crippen LogP contribution >= 0.6 is 15.9 Å². The molecule has 0 aliphatic heterocycles. The van der Waals surface area contributed by atoms with Crippen molar-refractivity contribution in [2.75, 3.05) is 14.2 Å². The first-order valence-corrected chi connectivity index (χ1v) is 5.53. The van der Waals surface area contributed by atoms with Crippen LogP contribution in [0.5, 0.6) is 5.75 Å². The van der Waals surface area contributed by atoms with Crippen molar-refractivity contribution in [3.05, 3.63) is 40.4 Å². The van der Waals surface area contributed by atoms with E-state index in [0.29, 0.717) is 6.42 Å². The van der Waals surface area contributed by atoms with Crippen LogP contribution in [0, 0.1) is 0 Å². The van der Waals surface area contributed by atoms with Gasteiger partial charge in [0.15, 0.2) is 0 Å². The summed E-state index contributed by atoms with van der Waals surface area (Å²) in [6.07, 6.45) is 3.78. The highest BCUT2D eigenvalue weighted by Gasteiger charge is 2.01. The van der Waals surface area contributed by atoms with Gasteiger partial charge in [0.1, 0.15) is 5.75 Å². The molecule has 3 nitrogen and oxygen atoms in total. The van der Waals surface area contributed by atoms with Crippen molar-refractivity contribution in [2.45, 2.75) is 6.42 Å². The molecule has 0 aromatic heterocycles. The Morgan fingerprint density at radius 1 is 1.44 bits per heavy atom. The summed E-state index contributed by atoms with van der Waals surface area (Å²) >= 11 is 3.37. The molecule has 4 heteroatoms. The van der Waals surface area contributed by atoms with Gasteiger partial charge in [0.05, 0.1) is 14.2 Å². The van der Waals surface area contributed by atoms with Crippen molar-refractivity contribution >= 4 is 21.9 Å². The van der Waals surface area contributed by atoms with Crippen LogP contribution in [0.3, 0.4) is 0 Å². The average molecular weight is 285 g/mol. The zero-order chi connectivity index (χ0) is 12.0. The van der Waals surface area contributed by atoms with Gasteiger partial charge in [-0.2, -0.15) is 0 Å². The number of methoxy groups -OCH3 is 2. The van der Waals surface area contributed by atoms with Crippen molar-refractivity contribution in [2.24, 2.45) is 0 Å². The Labute approximate surface area is 103 Å². The molecule has 0 saturated heterocycles. The molecule has 0 aliphatic carbocycles. The molecule has 0 fully saturated rings. The largest absolute Gasteiger partial charge is 0.496 e. The molecule has 0 atom stereocenters. The van der Waals surface area contributed by atoms with E-state index in [2.05, 4.69) is 20.7 Å². The molecule has 86 valence electrons. The number of halogens is 1. The first-order chi connectivity index (χ1) is 7.67. The first kappa shape index (κ1) is 12.8. The smallest absolute Gasteiger partial charge is 0.330 e. The van der Waals surface area contributed by atoms with Gasteiger partial charge in [-0.3, -0.25) is 0 Å². The lowest BCUT2D eigenvalue weighted by atomic mass is 10.1. The van der Waals surface area contributed by atoms with E-state index in [1.807, 2.05) is 18.2 Å². The summed E-state index contributed by atoms with van der Waals surface area (Å²) in [6.45, 7) is 0. The lowest BCUT2D eigenvalue weighted by Gasteiger charge is -2.06. The summed E-state index contributed by atoms with van der Waals surface area (Å²) in [5.74, 6) is 0.444. The molecule has 0 saturated carbocycles. The lowest BCUT2D eigenvalue weighted by molar-refractivity contribution is -0.134. The topological polar surface area (TPSA) is 35.5 Å². The van der Waals surface area contributed by atoms with Crippen LogP contribution in [-0.2, 0) is 16.0 Å². The highest BCUT2D eigenvalue weighted by molar-refractivity contribution is 9.10. The maximum atomic E-state index is 10.9. The molecule has 0 unspecified atom stereocenters. The van der Waals surface area contributed by atoms with Gasteiger partial charge in [0.2, 0.25) is 0 Å². The van der Waals surface area contributed by atoms with E-state index in [1.54, 1.807) is 13.2 Å². The predicted octanol–water partition coefficient (Wildman–Crippen LogP) is 2.73. The Morgan fingerprint density at radius 2 is 2.19 bits per heavy atom. The van der Waals surface area contributed by atoms with Crippen LogP contribution in [0.25, 0.3) is 0 Å². The maximum Gasteiger partial charge on any atom is 0.330 e. The first-order valence-electron chi connectivity index (χ1n) is 4.74. The van der Waals surface area contributed by atoms with Gasteiger partial charge in [0.25, 0.3) is 0 Å². The quantitative estimate of drug-likeness (QED) is 0.630. The maximum absolute atomic E-state index is 10.9. The molecule has 1 aromatic carbocycles. The Kier molecular flexibility index (Phi) is 5.05. The summed E-state index contributed by atoms with van der Waals surface area (Å²) in [7, 11) is 2.97. The third-order valence-corrected chi connectivity index (χ3v) is 2.54. The van der Waals surface area contributed by atoms with Crippen molar-refractivity contribution in [1.29, 1.82) is 0 Å². The van der Waals surface area contributed by atoms with Crippen molar-refractivity contribution in [3.63, 3.8) is 0 Å². The third-order valence-electron chi connectivity index (χ3n) is 2.04. The van der Waals surface area contributed by atoms with Gasteiger partial charge in [-0.1, -0.05) is 28.1 Å². The van der Waals surface area contributed by atoms with E-state index in [-0.39, 0.29) is 5.97 Å². The summed E-state index contributed by atoms with van der Waals surface area (Å²) in [5.41, 5.74) is 1.02. The molecule has 0 radical (unpaired) electrons. The second kappa shape index (κ2) is 6.33. The summed E-state index contributed by atoms with van der Waals surface area (Å²) in [6, 6.07) is 5.77. The number of carbonyl (C=O) groups excluding carboxylic acids is 1. The monoisotopic (exact) mass is 284 g/mol. The zero-order valence-corrected chi connectivity index (χ0v) is 10.8. The fourth-order valence-electron chi connectivity index (χ4n) is 1.24. The number of carbonyl (C=O) groups is 1. The Morgan fingerprint density at radius 3 is 2.81 bits per heavy atom. The second-order valence-electron chi connectivity index (χ2n) is 3.09. The van der Waals surface area contributed by atoms with Crippen LogP contribution < -0.4 is 4.74 Å². The summed E-state index contributed by atoms with van der Waals surface area (Å²) in [5, 5.41) is 0. The van der Waals surface area contributed by atoms with Gasteiger partial charge in [0, 0.05) is 10.5 Å². The van der Waals surface area contributed by atoms with Crippen LogP contribution in [0.15, 0.2) is 34.8 Å². The minimum Gasteiger partial charge on any atom is -0.496 e. The minimum atomic E-state index is -0.351. The molecule has 1 aromatic rings. The number of esters is 1. The lowest BCUT2D eigenvalue weighted by Crippen LogP contribution is -1.95. The molecule has 0 N–H and O–H groups in total. The van der Waals surface area contributed by atoms with E-state index in [1.165, 1.54) is 13.2 Å². The van der Waals surface area contributed by atoms with E-state index in [0.717, 1.165) is 15.8 Å². The second-order valence-corrected chi connectivity index (χ2v) is 4.00.